The molecule has 0 bridgehead atoms. The second kappa shape index (κ2) is 4.44. The predicted molar refractivity (Wildman–Crippen MR) is 65.6 cm³/mol. The number of hydrogen-bond acceptors (Lipinski definition) is 6. The Hall–Kier alpha value is -2.70. The van der Waals surface area contributed by atoms with E-state index in [2.05, 4.69) is 5.16 Å². The molecule has 2 aliphatic heterocycles. The molecular weight excluding hydrogens is 264 g/mol. The summed E-state index contributed by atoms with van der Waals surface area (Å²) in [6.07, 6.45) is -0.638. The standard InChI is InChI=1S/C13H10N2O5/c1-7-6-10(19-14-7)13(18)20-15-11(16)8-4-2-3-5-9(8)12(15)17/h2-5,10H,6H2,1H3. The van der Waals surface area contributed by atoms with Gasteiger partial charge in [-0.3, -0.25) is 9.59 Å². The fourth-order valence-electron chi connectivity index (χ4n) is 2.02. The Kier molecular flexibility index (Phi) is 2.74. The van der Waals surface area contributed by atoms with Gasteiger partial charge in [0.15, 0.2) is 0 Å². The van der Waals surface area contributed by atoms with Gasteiger partial charge >= 0.3 is 5.97 Å². The number of fused-ring (bicyclic) bond motifs is 1. The molecule has 1 aromatic rings. The van der Waals surface area contributed by atoms with Crippen molar-refractivity contribution < 1.29 is 24.1 Å². The molecule has 20 heavy (non-hydrogen) atoms. The zero-order valence-electron chi connectivity index (χ0n) is 10.5. The Morgan fingerprint density at radius 3 is 2.40 bits per heavy atom. The number of imide groups is 1. The summed E-state index contributed by atoms with van der Waals surface area (Å²) in [6, 6.07) is 6.27. The van der Waals surface area contributed by atoms with Crippen LogP contribution in [0.3, 0.4) is 0 Å². The topological polar surface area (TPSA) is 85.3 Å². The molecule has 2 amide bonds. The van der Waals surface area contributed by atoms with E-state index in [1.54, 1.807) is 19.1 Å². The van der Waals surface area contributed by atoms with Gasteiger partial charge in [-0.15, -0.1) is 0 Å². The lowest BCUT2D eigenvalue weighted by Gasteiger charge is -2.14. The molecule has 0 saturated heterocycles. The van der Waals surface area contributed by atoms with Crippen LogP contribution < -0.4 is 0 Å². The first-order valence-electron chi connectivity index (χ1n) is 5.97. The Morgan fingerprint density at radius 2 is 1.90 bits per heavy atom. The highest BCUT2D eigenvalue weighted by Gasteiger charge is 2.40. The minimum absolute atomic E-state index is 0.213. The summed E-state index contributed by atoms with van der Waals surface area (Å²) in [5.74, 6) is -2.13. The molecule has 7 nitrogen and oxygen atoms in total. The number of hydrogen-bond donors (Lipinski definition) is 0. The molecule has 2 aliphatic rings. The van der Waals surface area contributed by atoms with Crippen molar-refractivity contribution in [3.8, 4) is 0 Å². The van der Waals surface area contributed by atoms with Crippen LogP contribution in [-0.4, -0.2) is 34.7 Å². The van der Waals surface area contributed by atoms with E-state index in [1.165, 1.54) is 12.1 Å². The first-order chi connectivity index (χ1) is 9.58. The van der Waals surface area contributed by atoms with Crippen LogP contribution in [0, 0.1) is 0 Å². The Balaban J connectivity index is 1.75. The largest absolute Gasteiger partial charge is 0.380 e. The van der Waals surface area contributed by atoms with Gasteiger partial charge in [-0.25, -0.2) is 4.79 Å². The maximum absolute atomic E-state index is 12.0. The lowest BCUT2D eigenvalue weighted by atomic mass is 10.1. The molecule has 0 spiro atoms. The molecule has 1 unspecified atom stereocenters. The molecule has 0 N–H and O–H groups in total. The minimum Gasteiger partial charge on any atom is -0.380 e. The molecule has 102 valence electrons. The van der Waals surface area contributed by atoms with E-state index in [-0.39, 0.29) is 17.5 Å². The molecule has 0 fully saturated rings. The van der Waals surface area contributed by atoms with Crippen molar-refractivity contribution in [2.45, 2.75) is 19.4 Å². The second-order valence-electron chi connectivity index (χ2n) is 4.49. The number of carbonyl (C=O) groups excluding carboxylic acids is 3. The molecular formula is C13H10N2O5. The van der Waals surface area contributed by atoms with Gasteiger partial charge in [0, 0.05) is 6.42 Å². The maximum atomic E-state index is 12.0. The van der Waals surface area contributed by atoms with Crippen LogP contribution >= 0.6 is 0 Å². The fourth-order valence-corrected chi connectivity index (χ4v) is 2.02. The first kappa shape index (κ1) is 12.3. The van der Waals surface area contributed by atoms with Gasteiger partial charge in [-0.1, -0.05) is 22.4 Å². The Labute approximate surface area is 113 Å². The van der Waals surface area contributed by atoms with Crippen molar-refractivity contribution in [3.05, 3.63) is 35.4 Å². The minimum atomic E-state index is -0.917. The molecule has 0 aliphatic carbocycles. The van der Waals surface area contributed by atoms with E-state index in [9.17, 15) is 14.4 Å². The molecule has 0 aromatic heterocycles. The molecule has 7 heteroatoms. The van der Waals surface area contributed by atoms with E-state index in [0.717, 1.165) is 0 Å². The highest BCUT2D eigenvalue weighted by molar-refractivity contribution is 6.20. The second-order valence-corrected chi connectivity index (χ2v) is 4.49. The van der Waals surface area contributed by atoms with Gasteiger partial charge < -0.3 is 9.68 Å². The highest BCUT2D eigenvalue weighted by Crippen LogP contribution is 2.23. The quantitative estimate of drug-likeness (QED) is 0.748. The first-order valence-corrected chi connectivity index (χ1v) is 5.97. The summed E-state index contributed by atoms with van der Waals surface area (Å²) in [6.45, 7) is 1.70. The normalized spacial score (nSPS) is 20.6. The summed E-state index contributed by atoms with van der Waals surface area (Å²) < 4.78 is 0. The summed E-state index contributed by atoms with van der Waals surface area (Å²) in [5, 5.41) is 4.08. The average molecular weight is 274 g/mol. The smallest absolute Gasteiger partial charge is 0.376 e. The SMILES string of the molecule is CC1=NOC(C(=O)ON2C(=O)c3ccccc3C2=O)C1. The molecule has 2 heterocycles. The van der Waals surface area contributed by atoms with Crippen molar-refractivity contribution in [1.82, 2.24) is 5.06 Å². The van der Waals surface area contributed by atoms with Crippen molar-refractivity contribution in [3.63, 3.8) is 0 Å². The summed E-state index contributed by atoms with van der Waals surface area (Å²) in [7, 11) is 0. The van der Waals surface area contributed by atoms with Gasteiger partial charge in [-0.05, 0) is 19.1 Å². The van der Waals surface area contributed by atoms with Crippen LogP contribution in [-0.2, 0) is 14.5 Å². The van der Waals surface area contributed by atoms with E-state index in [4.69, 9.17) is 9.68 Å². The summed E-state index contributed by atoms with van der Waals surface area (Å²) >= 11 is 0. The fraction of sp³-hybridized carbons (Fsp3) is 0.231. The van der Waals surface area contributed by atoms with Gasteiger partial charge in [0.05, 0.1) is 16.8 Å². The van der Waals surface area contributed by atoms with Crippen molar-refractivity contribution in [2.75, 3.05) is 0 Å². The lowest BCUT2D eigenvalue weighted by molar-refractivity contribution is -0.180. The van der Waals surface area contributed by atoms with E-state index in [1.807, 2.05) is 0 Å². The predicted octanol–water partition coefficient (Wildman–Crippen LogP) is 0.906. The monoisotopic (exact) mass is 274 g/mol. The number of benzene rings is 1. The van der Waals surface area contributed by atoms with E-state index < -0.39 is 23.9 Å². The lowest BCUT2D eigenvalue weighted by Crippen LogP contribution is -2.37. The zero-order valence-corrected chi connectivity index (χ0v) is 10.5. The number of hydroxylamine groups is 2. The Bertz CT molecular complexity index is 617. The van der Waals surface area contributed by atoms with Crippen LogP contribution in [0.2, 0.25) is 0 Å². The number of nitrogens with zero attached hydrogens (tertiary/aromatic N) is 2. The van der Waals surface area contributed by atoms with Crippen LogP contribution in [0.4, 0.5) is 0 Å². The third-order valence-corrected chi connectivity index (χ3v) is 3.02. The van der Waals surface area contributed by atoms with Gasteiger partial charge in [-0.2, -0.15) is 0 Å². The Morgan fingerprint density at radius 1 is 1.30 bits per heavy atom. The van der Waals surface area contributed by atoms with E-state index >= 15 is 0 Å². The van der Waals surface area contributed by atoms with Gasteiger partial charge in [0.2, 0.25) is 6.10 Å². The van der Waals surface area contributed by atoms with Crippen LogP contribution in [0.25, 0.3) is 0 Å². The molecule has 1 aromatic carbocycles. The van der Waals surface area contributed by atoms with Crippen LogP contribution in [0.5, 0.6) is 0 Å². The summed E-state index contributed by atoms with van der Waals surface area (Å²) in [4.78, 5) is 45.5. The van der Waals surface area contributed by atoms with Gasteiger partial charge in [0.1, 0.15) is 0 Å². The number of rotatable bonds is 2. The van der Waals surface area contributed by atoms with E-state index in [0.29, 0.717) is 10.8 Å². The average Bonchev–Trinajstić information content (AvgIpc) is 2.98. The number of oxime groups is 1. The van der Waals surface area contributed by atoms with Crippen LogP contribution in [0.15, 0.2) is 29.4 Å². The third kappa shape index (κ3) is 1.83. The van der Waals surface area contributed by atoms with Crippen molar-refractivity contribution >= 4 is 23.5 Å². The molecule has 3 rings (SSSR count). The summed E-state index contributed by atoms with van der Waals surface area (Å²) in [5.41, 5.74) is 1.07. The molecule has 0 radical (unpaired) electrons. The third-order valence-electron chi connectivity index (χ3n) is 3.02. The molecule has 1 atom stereocenters. The van der Waals surface area contributed by atoms with Gasteiger partial charge in [0.25, 0.3) is 11.8 Å². The number of carbonyl (C=O) groups is 3. The van der Waals surface area contributed by atoms with Crippen molar-refractivity contribution in [1.29, 1.82) is 0 Å². The van der Waals surface area contributed by atoms with Crippen LogP contribution in [0.1, 0.15) is 34.1 Å². The maximum Gasteiger partial charge on any atom is 0.376 e. The number of amides is 2. The van der Waals surface area contributed by atoms with Crippen molar-refractivity contribution in [2.24, 2.45) is 5.16 Å². The highest BCUT2D eigenvalue weighted by atomic mass is 16.7. The molecule has 0 saturated carbocycles. The zero-order chi connectivity index (χ0) is 14.3.